The number of hydrogen-bond donors (Lipinski definition) is 0. The number of nitrogens with zero attached hydrogens (tertiary/aromatic N) is 2. The van der Waals surface area contributed by atoms with E-state index in [1.807, 2.05) is 13.8 Å². The lowest BCUT2D eigenvalue weighted by atomic mass is 9.92. The second kappa shape index (κ2) is 7.62. The molecule has 118 valence electrons. The van der Waals surface area contributed by atoms with Gasteiger partial charge in [0.05, 0.1) is 0 Å². The molecule has 0 spiro atoms. The molecule has 0 atom stereocenters. The molecule has 0 saturated heterocycles. The monoisotopic (exact) mass is 352 g/mol. The van der Waals surface area contributed by atoms with Gasteiger partial charge in [-0.25, -0.2) is 0 Å². The number of aromatic nitrogens is 2. The van der Waals surface area contributed by atoms with Crippen LogP contribution in [0.3, 0.4) is 0 Å². The minimum absolute atomic E-state index is 0.138. The van der Waals surface area contributed by atoms with Crippen LogP contribution in [0.15, 0.2) is 14.7 Å². The number of benzene rings is 1. The van der Waals surface area contributed by atoms with Crippen LogP contribution >= 0.6 is 34.9 Å². The summed E-state index contributed by atoms with van der Waals surface area (Å²) in [4.78, 5) is 11.9. The first kappa shape index (κ1) is 17.5. The summed E-state index contributed by atoms with van der Waals surface area (Å²) in [7, 11) is 0. The van der Waals surface area contributed by atoms with Gasteiger partial charge < -0.3 is 0 Å². The van der Waals surface area contributed by atoms with Crippen molar-refractivity contribution >= 4 is 40.6 Å². The summed E-state index contributed by atoms with van der Waals surface area (Å²) in [6.07, 6.45) is 0. The number of ketones is 1. The first-order valence-corrected chi connectivity index (χ1v) is 9.92. The van der Waals surface area contributed by atoms with Crippen molar-refractivity contribution in [2.45, 2.75) is 49.1 Å². The topological polar surface area (TPSA) is 42.9 Å². The standard InChI is InChI=1S/C16H20N2OS3/c1-6-20-15-17-18-16(22-15)21-8-13-9(2)7-10(3)14(11(13)4)12(5)19/h7H,6,8H2,1-5H3. The Labute approximate surface area is 144 Å². The normalized spacial score (nSPS) is 11.0. The van der Waals surface area contributed by atoms with E-state index in [1.54, 1.807) is 41.8 Å². The number of aryl methyl sites for hydroxylation is 2. The lowest BCUT2D eigenvalue weighted by molar-refractivity contribution is 0.101. The van der Waals surface area contributed by atoms with E-state index >= 15 is 0 Å². The third-order valence-corrected chi connectivity index (χ3v) is 6.58. The lowest BCUT2D eigenvalue weighted by Gasteiger charge is -2.15. The van der Waals surface area contributed by atoms with Gasteiger partial charge in [-0.2, -0.15) is 0 Å². The van der Waals surface area contributed by atoms with Crippen LogP contribution in [0.4, 0.5) is 0 Å². The van der Waals surface area contributed by atoms with Crippen LogP contribution < -0.4 is 0 Å². The van der Waals surface area contributed by atoms with E-state index in [-0.39, 0.29) is 5.78 Å². The fraction of sp³-hybridized carbons (Fsp3) is 0.438. The van der Waals surface area contributed by atoms with Gasteiger partial charge >= 0.3 is 0 Å². The number of carbonyl (C=O) groups is 1. The van der Waals surface area contributed by atoms with E-state index in [0.717, 1.165) is 36.9 Å². The van der Waals surface area contributed by atoms with E-state index in [0.29, 0.717) is 0 Å². The Balaban J connectivity index is 2.22. The van der Waals surface area contributed by atoms with E-state index in [2.05, 4.69) is 30.1 Å². The van der Waals surface area contributed by atoms with Crippen molar-refractivity contribution < 1.29 is 4.79 Å². The minimum atomic E-state index is 0.138. The molecule has 1 aromatic carbocycles. The largest absolute Gasteiger partial charge is 0.294 e. The van der Waals surface area contributed by atoms with Crippen molar-refractivity contribution in [2.75, 3.05) is 5.75 Å². The van der Waals surface area contributed by atoms with Crippen LogP contribution in [0.25, 0.3) is 0 Å². The zero-order chi connectivity index (χ0) is 16.3. The average Bonchev–Trinajstić information content (AvgIpc) is 2.85. The van der Waals surface area contributed by atoms with E-state index < -0.39 is 0 Å². The van der Waals surface area contributed by atoms with E-state index in [9.17, 15) is 4.79 Å². The van der Waals surface area contributed by atoms with Gasteiger partial charge in [0.15, 0.2) is 14.5 Å². The van der Waals surface area contributed by atoms with Crippen LogP contribution in [0.1, 0.15) is 46.5 Å². The molecular formula is C16H20N2OS3. The maximum Gasteiger partial charge on any atom is 0.175 e. The molecule has 0 fully saturated rings. The summed E-state index contributed by atoms with van der Waals surface area (Å²) < 4.78 is 2.01. The number of Topliss-reactive ketones (excluding diaryl/α,β-unsaturated/α-hetero) is 1. The molecule has 0 radical (unpaired) electrons. The molecule has 0 aliphatic heterocycles. The highest BCUT2D eigenvalue weighted by Crippen LogP contribution is 2.33. The molecule has 2 aromatic rings. The maximum absolute atomic E-state index is 11.9. The average molecular weight is 353 g/mol. The maximum atomic E-state index is 11.9. The van der Waals surface area contributed by atoms with E-state index in [1.165, 1.54) is 11.1 Å². The predicted molar refractivity (Wildman–Crippen MR) is 96.5 cm³/mol. The molecule has 0 N–H and O–H groups in total. The Kier molecular flexibility index (Phi) is 6.06. The van der Waals surface area contributed by atoms with Crippen molar-refractivity contribution in [3.05, 3.63) is 33.9 Å². The summed E-state index contributed by atoms with van der Waals surface area (Å²) in [6, 6.07) is 2.11. The molecular weight excluding hydrogens is 332 g/mol. The van der Waals surface area contributed by atoms with Gasteiger partial charge in [-0.1, -0.05) is 47.9 Å². The summed E-state index contributed by atoms with van der Waals surface area (Å²) in [5, 5.41) is 8.41. The van der Waals surface area contributed by atoms with Crippen molar-refractivity contribution in [1.29, 1.82) is 0 Å². The molecule has 3 nitrogen and oxygen atoms in total. The summed E-state index contributed by atoms with van der Waals surface area (Å²) in [6.45, 7) is 9.91. The molecule has 22 heavy (non-hydrogen) atoms. The molecule has 6 heteroatoms. The zero-order valence-electron chi connectivity index (χ0n) is 13.5. The lowest BCUT2D eigenvalue weighted by Crippen LogP contribution is -2.05. The quantitative estimate of drug-likeness (QED) is 0.536. The second-order valence-electron chi connectivity index (χ2n) is 5.10. The van der Waals surface area contributed by atoms with Crippen molar-refractivity contribution in [1.82, 2.24) is 10.2 Å². The van der Waals surface area contributed by atoms with Crippen molar-refractivity contribution in [3.8, 4) is 0 Å². The van der Waals surface area contributed by atoms with Gasteiger partial charge in [-0.3, -0.25) is 4.79 Å². The Morgan fingerprint density at radius 1 is 1.14 bits per heavy atom. The van der Waals surface area contributed by atoms with Crippen LogP contribution in [-0.2, 0) is 5.75 Å². The Morgan fingerprint density at radius 3 is 2.36 bits per heavy atom. The summed E-state index contributed by atoms with van der Waals surface area (Å²) >= 11 is 5.05. The van der Waals surface area contributed by atoms with Gasteiger partial charge in [0, 0.05) is 11.3 Å². The van der Waals surface area contributed by atoms with Gasteiger partial charge in [0.25, 0.3) is 0 Å². The minimum Gasteiger partial charge on any atom is -0.294 e. The third kappa shape index (κ3) is 3.91. The number of hydrogen-bond acceptors (Lipinski definition) is 6. The molecule has 0 unspecified atom stereocenters. The predicted octanol–water partition coefficient (Wildman–Crippen LogP) is 5.07. The Morgan fingerprint density at radius 2 is 1.77 bits per heavy atom. The molecule has 0 aliphatic rings. The number of carbonyl (C=O) groups excluding carboxylic acids is 1. The summed E-state index contributed by atoms with van der Waals surface area (Å²) in [5.74, 6) is 1.97. The zero-order valence-corrected chi connectivity index (χ0v) is 16.0. The highest BCUT2D eigenvalue weighted by molar-refractivity contribution is 8.02. The molecule has 1 heterocycles. The smallest absolute Gasteiger partial charge is 0.175 e. The van der Waals surface area contributed by atoms with Crippen LogP contribution in [0, 0.1) is 20.8 Å². The van der Waals surface area contributed by atoms with Crippen molar-refractivity contribution in [3.63, 3.8) is 0 Å². The van der Waals surface area contributed by atoms with Gasteiger partial charge in [0.1, 0.15) is 0 Å². The highest BCUT2D eigenvalue weighted by atomic mass is 32.2. The number of rotatable bonds is 6. The fourth-order valence-corrected chi connectivity index (χ4v) is 5.66. The SMILES string of the molecule is CCSc1nnc(SCc2c(C)cc(C)c(C(C)=O)c2C)s1. The highest BCUT2D eigenvalue weighted by Gasteiger charge is 2.15. The third-order valence-electron chi connectivity index (χ3n) is 3.48. The Bertz CT molecular complexity index is 695. The van der Waals surface area contributed by atoms with Crippen molar-refractivity contribution in [2.24, 2.45) is 0 Å². The van der Waals surface area contributed by atoms with E-state index in [4.69, 9.17) is 0 Å². The van der Waals surface area contributed by atoms with Gasteiger partial charge in [-0.15, -0.1) is 10.2 Å². The molecule has 0 aliphatic carbocycles. The Hall–Kier alpha value is -0.850. The molecule has 0 amide bonds. The molecule has 2 rings (SSSR count). The van der Waals surface area contributed by atoms with Crippen LogP contribution in [-0.4, -0.2) is 21.7 Å². The van der Waals surface area contributed by atoms with Gasteiger partial charge in [0.2, 0.25) is 0 Å². The second-order valence-corrected chi connectivity index (χ2v) is 8.81. The first-order chi connectivity index (χ1) is 10.4. The molecule has 0 saturated carbocycles. The fourth-order valence-electron chi connectivity index (χ4n) is 2.56. The van der Waals surface area contributed by atoms with Crippen LogP contribution in [0.5, 0.6) is 0 Å². The first-order valence-electron chi connectivity index (χ1n) is 7.13. The van der Waals surface area contributed by atoms with Crippen LogP contribution in [0.2, 0.25) is 0 Å². The molecule has 1 aromatic heterocycles. The number of thioether (sulfide) groups is 2. The summed E-state index contributed by atoms with van der Waals surface area (Å²) in [5.41, 5.74) is 5.50. The molecule has 0 bridgehead atoms. The van der Waals surface area contributed by atoms with Gasteiger partial charge in [-0.05, 0) is 55.7 Å².